The summed E-state index contributed by atoms with van der Waals surface area (Å²) in [7, 11) is 0. The fourth-order valence-electron chi connectivity index (χ4n) is 3.83. The van der Waals surface area contributed by atoms with E-state index in [0.29, 0.717) is 10.7 Å². The second-order valence-corrected chi connectivity index (χ2v) is 8.66. The van der Waals surface area contributed by atoms with E-state index >= 15 is 0 Å². The Bertz CT molecular complexity index is 1150. The lowest BCUT2D eigenvalue weighted by atomic mass is 9.98. The van der Waals surface area contributed by atoms with Crippen LogP contribution >= 0.6 is 11.3 Å². The zero-order chi connectivity index (χ0) is 23.4. The Morgan fingerprint density at radius 3 is 2.36 bits per heavy atom. The summed E-state index contributed by atoms with van der Waals surface area (Å²) < 4.78 is 5.51. The summed E-state index contributed by atoms with van der Waals surface area (Å²) in [4.78, 5) is 39.3. The Labute approximate surface area is 194 Å². The molecular weight excluding hydrogens is 442 g/mol. The van der Waals surface area contributed by atoms with Gasteiger partial charge in [-0.3, -0.25) is 9.59 Å². The van der Waals surface area contributed by atoms with Crippen molar-refractivity contribution in [1.82, 2.24) is 15.6 Å². The molecule has 0 fully saturated rings. The third kappa shape index (κ3) is 5.20. The maximum absolute atomic E-state index is 12.3. The average molecular weight is 466 g/mol. The van der Waals surface area contributed by atoms with Gasteiger partial charge in [0, 0.05) is 11.3 Å². The van der Waals surface area contributed by atoms with Crippen LogP contribution in [0.25, 0.3) is 11.1 Å². The summed E-state index contributed by atoms with van der Waals surface area (Å²) in [5.41, 5.74) is 5.14. The van der Waals surface area contributed by atoms with Gasteiger partial charge in [-0.2, -0.15) is 0 Å². The lowest BCUT2D eigenvalue weighted by Crippen LogP contribution is -2.39. The van der Waals surface area contributed by atoms with E-state index in [0.717, 1.165) is 11.1 Å². The molecule has 0 saturated carbocycles. The number of thiazole rings is 1. The first-order chi connectivity index (χ1) is 15.9. The minimum absolute atomic E-state index is 0.0127. The fourth-order valence-corrected chi connectivity index (χ4v) is 4.56. The van der Waals surface area contributed by atoms with Crippen molar-refractivity contribution in [3.63, 3.8) is 0 Å². The summed E-state index contributed by atoms with van der Waals surface area (Å²) >= 11 is 1.31. The van der Waals surface area contributed by atoms with Crippen LogP contribution in [0.4, 0.5) is 4.79 Å². The van der Waals surface area contributed by atoms with Crippen molar-refractivity contribution in [2.45, 2.75) is 31.8 Å². The molecule has 9 heteroatoms. The van der Waals surface area contributed by atoms with E-state index in [1.807, 2.05) is 24.3 Å². The largest absolute Gasteiger partial charge is 0.480 e. The van der Waals surface area contributed by atoms with Crippen molar-refractivity contribution in [3.8, 4) is 11.1 Å². The molecular formula is C24H23N3O5S. The summed E-state index contributed by atoms with van der Waals surface area (Å²) in [6.07, 6.45) is -0.569. The van der Waals surface area contributed by atoms with E-state index < -0.39 is 24.0 Å². The maximum Gasteiger partial charge on any atom is 0.407 e. The Morgan fingerprint density at radius 2 is 1.73 bits per heavy atom. The minimum Gasteiger partial charge on any atom is -0.480 e. The molecule has 0 bridgehead atoms. The molecule has 8 nitrogen and oxygen atoms in total. The van der Waals surface area contributed by atoms with Crippen LogP contribution in [-0.4, -0.2) is 40.7 Å². The molecule has 1 aromatic heterocycles. The molecule has 0 aliphatic heterocycles. The van der Waals surface area contributed by atoms with Gasteiger partial charge in [-0.15, -0.1) is 11.3 Å². The van der Waals surface area contributed by atoms with Gasteiger partial charge in [-0.05, 0) is 29.2 Å². The zero-order valence-corrected chi connectivity index (χ0v) is 18.7. The number of alkyl carbamates (subject to hydrolysis) is 1. The van der Waals surface area contributed by atoms with Crippen LogP contribution in [0.15, 0.2) is 53.9 Å². The number of hydrogen-bond acceptors (Lipinski definition) is 6. The molecule has 0 spiro atoms. The molecule has 1 atom stereocenters. The predicted octanol–water partition coefficient (Wildman–Crippen LogP) is 3.31. The maximum atomic E-state index is 12.3. The Kier molecular flexibility index (Phi) is 6.69. The van der Waals surface area contributed by atoms with Crippen molar-refractivity contribution >= 4 is 29.3 Å². The lowest BCUT2D eigenvalue weighted by Gasteiger charge is -2.14. The molecule has 3 aromatic rings. The summed E-state index contributed by atoms with van der Waals surface area (Å²) in [5, 5.41) is 16.3. The Morgan fingerprint density at radius 1 is 1.09 bits per heavy atom. The van der Waals surface area contributed by atoms with Gasteiger partial charge < -0.3 is 20.5 Å². The first kappa shape index (κ1) is 22.5. The van der Waals surface area contributed by atoms with Gasteiger partial charge in [0.2, 0.25) is 5.91 Å². The van der Waals surface area contributed by atoms with Crippen molar-refractivity contribution in [3.05, 3.63) is 75.7 Å². The molecule has 1 aliphatic carbocycles. The highest BCUT2D eigenvalue weighted by Crippen LogP contribution is 2.44. The normalized spacial score (nSPS) is 13.0. The van der Waals surface area contributed by atoms with Crippen LogP contribution in [0, 0.1) is 0 Å². The summed E-state index contributed by atoms with van der Waals surface area (Å²) in [5.74, 6) is -1.54. The number of fused-ring (bicyclic) bond motifs is 3. The number of hydrogen-bond donors (Lipinski definition) is 3. The van der Waals surface area contributed by atoms with E-state index in [-0.39, 0.29) is 25.5 Å². The first-order valence-corrected chi connectivity index (χ1v) is 11.3. The van der Waals surface area contributed by atoms with E-state index in [4.69, 9.17) is 9.84 Å². The molecule has 33 heavy (non-hydrogen) atoms. The third-order valence-corrected chi connectivity index (χ3v) is 6.31. The van der Waals surface area contributed by atoms with Gasteiger partial charge in [0.05, 0.1) is 18.7 Å². The van der Waals surface area contributed by atoms with Gasteiger partial charge in [-0.25, -0.2) is 9.78 Å². The number of rotatable bonds is 8. The van der Waals surface area contributed by atoms with Crippen molar-refractivity contribution in [1.29, 1.82) is 0 Å². The van der Waals surface area contributed by atoms with Gasteiger partial charge >= 0.3 is 12.1 Å². The number of aliphatic carboxylic acids is 1. The van der Waals surface area contributed by atoms with Crippen molar-refractivity contribution in [2.24, 2.45) is 0 Å². The predicted molar refractivity (Wildman–Crippen MR) is 123 cm³/mol. The SMILES string of the molecule is CC(NC(=O)Cc1csc(CNC(=O)OCC2c3ccccc3-c3ccccc32)n1)C(=O)O. The summed E-state index contributed by atoms with van der Waals surface area (Å²) in [6.45, 7) is 1.80. The van der Waals surface area contributed by atoms with Crippen LogP contribution in [0.5, 0.6) is 0 Å². The molecule has 1 aliphatic rings. The van der Waals surface area contributed by atoms with Gasteiger partial charge in [0.25, 0.3) is 0 Å². The number of ether oxygens (including phenoxy) is 1. The highest BCUT2D eigenvalue weighted by Gasteiger charge is 2.29. The number of amides is 2. The zero-order valence-electron chi connectivity index (χ0n) is 17.9. The number of carbonyl (C=O) groups is 3. The molecule has 0 saturated heterocycles. The van der Waals surface area contributed by atoms with Crippen LogP contribution in [0.3, 0.4) is 0 Å². The lowest BCUT2D eigenvalue weighted by molar-refractivity contribution is -0.141. The number of carbonyl (C=O) groups excluding carboxylic acids is 2. The van der Waals surface area contributed by atoms with Crippen LogP contribution in [0.1, 0.15) is 34.7 Å². The molecule has 2 amide bonds. The molecule has 4 rings (SSSR count). The molecule has 1 unspecified atom stereocenters. The summed E-state index contributed by atoms with van der Waals surface area (Å²) in [6, 6.07) is 15.3. The number of carboxylic acid groups (broad SMARTS) is 1. The molecule has 1 heterocycles. The molecule has 0 radical (unpaired) electrons. The van der Waals surface area contributed by atoms with Crippen LogP contribution in [-0.2, 0) is 27.3 Å². The Balaban J connectivity index is 1.28. The second kappa shape index (κ2) is 9.83. The number of benzene rings is 2. The quantitative estimate of drug-likeness (QED) is 0.470. The molecule has 3 N–H and O–H groups in total. The average Bonchev–Trinajstić information content (AvgIpc) is 3.38. The fraction of sp³-hybridized carbons (Fsp3) is 0.250. The third-order valence-electron chi connectivity index (χ3n) is 5.42. The number of carboxylic acids is 1. The smallest absolute Gasteiger partial charge is 0.407 e. The first-order valence-electron chi connectivity index (χ1n) is 10.5. The van der Waals surface area contributed by atoms with Crippen LogP contribution < -0.4 is 10.6 Å². The standard InChI is InChI=1S/C24H23N3O5S/c1-14(23(29)30)26-21(28)10-15-13-33-22(27-15)11-25-24(31)32-12-20-18-8-4-2-6-16(18)17-7-3-5-9-19(17)20/h2-9,13-14,20H,10-12H2,1H3,(H,25,31)(H,26,28)(H,29,30). The Hall–Kier alpha value is -3.72. The minimum atomic E-state index is -1.10. The van der Waals surface area contributed by atoms with Crippen molar-refractivity contribution in [2.75, 3.05) is 6.61 Å². The highest BCUT2D eigenvalue weighted by molar-refractivity contribution is 7.09. The highest BCUT2D eigenvalue weighted by atomic mass is 32.1. The van der Waals surface area contributed by atoms with Gasteiger partial charge in [0.1, 0.15) is 17.7 Å². The van der Waals surface area contributed by atoms with E-state index in [9.17, 15) is 14.4 Å². The van der Waals surface area contributed by atoms with E-state index in [1.165, 1.54) is 29.4 Å². The van der Waals surface area contributed by atoms with Crippen LogP contribution in [0.2, 0.25) is 0 Å². The number of nitrogens with zero attached hydrogens (tertiary/aromatic N) is 1. The van der Waals surface area contributed by atoms with Gasteiger partial charge in [-0.1, -0.05) is 48.5 Å². The molecule has 2 aromatic carbocycles. The monoisotopic (exact) mass is 465 g/mol. The number of nitrogens with one attached hydrogen (secondary N) is 2. The topological polar surface area (TPSA) is 118 Å². The van der Waals surface area contributed by atoms with Gasteiger partial charge in [0.15, 0.2) is 0 Å². The van der Waals surface area contributed by atoms with Crippen molar-refractivity contribution < 1.29 is 24.2 Å². The second-order valence-electron chi connectivity index (χ2n) is 7.72. The van der Waals surface area contributed by atoms with E-state index in [1.54, 1.807) is 5.38 Å². The number of aromatic nitrogens is 1. The molecule has 170 valence electrons. The van der Waals surface area contributed by atoms with E-state index in [2.05, 4.69) is 39.9 Å².